The zero-order valence-electron chi connectivity index (χ0n) is 7.05. The third-order valence-electron chi connectivity index (χ3n) is 1.74. The Morgan fingerprint density at radius 2 is 1.55 bits per heavy atom. The molecule has 0 N–H and O–H groups in total. The molecule has 1 aromatic carbocycles. The molecular formula is C9H11N2+. The lowest BCUT2D eigenvalue weighted by atomic mass is 10.1. The van der Waals surface area contributed by atoms with E-state index in [0.717, 1.165) is 11.1 Å². The number of diazo groups is 1. The molecule has 11 heavy (non-hydrogen) atoms. The van der Waals surface area contributed by atoms with Crippen molar-refractivity contribution in [3.8, 4) is 0 Å². The first-order chi connectivity index (χ1) is 5.15. The summed E-state index contributed by atoms with van der Waals surface area (Å²) in [5, 5.41) is 8.62. The summed E-state index contributed by atoms with van der Waals surface area (Å²) in [7, 11) is 0. The Morgan fingerprint density at radius 1 is 1.09 bits per heavy atom. The number of benzene rings is 1. The molecule has 0 spiro atoms. The summed E-state index contributed by atoms with van der Waals surface area (Å²) in [6, 6.07) is 4.00. The zero-order chi connectivity index (χ0) is 8.43. The smallest absolute Gasteiger partial charge is 0.0500 e. The number of nitrogens with zero attached hydrogens (tertiary/aromatic N) is 2. The first-order valence-corrected chi connectivity index (χ1v) is 3.58. The Balaban J connectivity index is 3.40. The molecular weight excluding hydrogens is 136 g/mol. The Bertz CT molecular complexity index is 298. The third-order valence-corrected chi connectivity index (χ3v) is 1.74. The van der Waals surface area contributed by atoms with E-state index in [1.165, 1.54) is 5.56 Å². The molecule has 0 amide bonds. The molecule has 0 fully saturated rings. The van der Waals surface area contributed by atoms with Crippen molar-refractivity contribution < 1.29 is 0 Å². The molecule has 0 aromatic heterocycles. The van der Waals surface area contributed by atoms with Gasteiger partial charge in [0.2, 0.25) is 5.39 Å². The van der Waals surface area contributed by atoms with Gasteiger partial charge >= 0.3 is 5.69 Å². The van der Waals surface area contributed by atoms with E-state index in [0.29, 0.717) is 5.69 Å². The quantitative estimate of drug-likeness (QED) is 0.518. The van der Waals surface area contributed by atoms with E-state index in [-0.39, 0.29) is 0 Å². The van der Waals surface area contributed by atoms with E-state index < -0.39 is 0 Å². The minimum atomic E-state index is 0.690. The van der Waals surface area contributed by atoms with Crippen molar-refractivity contribution in [2.24, 2.45) is 0 Å². The molecule has 2 nitrogen and oxygen atoms in total. The van der Waals surface area contributed by atoms with E-state index in [9.17, 15) is 0 Å². The highest BCUT2D eigenvalue weighted by atomic mass is 14.9. The second kappa shape index (κ2) is 2.71. The fourth-order valence-corrected chi connectivity index (χ4v) is 1.33. The monoisotopic (exact) mass is 147 g/mol. The average Bonchev–Trinajstić information content (AvgIpc) is 1.85. The normalized spacial score (nSPS) is 9.27. The molecule has 0 saturated carbocycles. The Kier molecular flexibility index (Phi) is 1.91. The highest BCUT2D eigenvalue weighted by Crippen LogP contribution is 2.24. The third kappa shape index (κ3) is 1.38. The van der Waals surface area contributed by atoms with Crippen molar-refractivity contribution in [1.82, 2.24) is 0 Å². The van der Waals surface area contributed by atoms with Gasteiger partial charge in [-0.1, -0.05) is 5.56 Å². The van der Waals surface area contributed by atoms with Gasteiger partial charge in [0.05, 0.1) is 0 Å². The molecule has 1 rings (SSSR count). The summed E-state index contributed by atoms with van der Waals surface area (Å²) in [6.45, 7) is 5.91. The van der Waals surface area contributed by atoms with Crippen LogP contribution in [0.15, 0.2) is 12.1 Å². The molecule has 0 radical (unpaired) electrons. The number of rotatable bonds is 0. The summed E-state index contributed by atoms with van der Waals surface area (Å²) >= 11 is 0. The van der Waals surface area contributed by atoms with E-state index >= 15 is 0 Å². The van der Waals surface area contributed by atoms with Crippen LogP contribution in [0.5, 0.6) is 0 Å². The molecule has 2 heteroatoms. The maximum atomic E-state index is 8.62. The number of hydrogen-bond acceptors (Lipinski definition) is 1. The van der Waals surface area contributed by atoms with Gasteiger partial charge in [-0.25, -0.2) is 0 Å². The molecule has 0 atom stereocenters. The Hall–Kier alpha value is -1.36. The van der Waals surface area contributed by atoms with Crippen LogP contribution >= 0.6 is 0 Å². The van der Waals surface area contributed by atoms with Crippen molar-refractivity contribution in [1.29, 1.82) is 5.39 Å². The molecule has 0 heterocycles. The van der Waals surface area contributed by atoms with E-state index in [2.05, 4.69) is 4.98 Å². The maximum absolute atomic E-state index is 8.62. The van der Waals surface area contributed by atoms with Crippen LogP contribution in [0.3, 0.4) is 0 Å². The van der Waals surface area contributed by atoms with Gasteiger partial charge in [-0.05, 0) is 32.9 Å². The van der Waals surface area contributed by atoms with Crippen LogP contribution in [-0.4, -0.2) is 0 Å². The fraction of sp³-hybridized carbons (Fsp3) is 0.333. The van der Waals surface area contributed by atoms with Crippen LogP contribution in [-0.2, 0) is 0 Å². The molecule has 0 bridgehead atoms. The minimum Gasteiger partial charge on any atom is -0.0500 e. The van der Waals surface area contributed by atoms with Gasteiger partial charge in [0.25, 0.3) is 0 Å². The lowest BCUT2D eigenvalue weighted by Gasteiger charge is -1.94. The summed E-state index contributed by atoms with van der Waals surface area (Å²) in [5.41, 5.74) is 3.93. The van der Waals surface area contributed by atoms with Crippen molar-refractivity contribution in [3.05, 3.63) is 33.8 Å². The second-order valence-electron chi connectivity index (χ2n) is 2.85. The highest BCUT2D eigenvalue weighted by molar-refractivity contribution is 5.58. The Morgan fingerprint density at radius 3 is 1.91 bits per heavy atom. The minimum absolute atomic E-state index is 0.690. The van der Waals surface area contributed by atoms with E-state index in [4.69, 9.17) is 5.39 Å². The van der Waals surface area contributed by atoms with Gasteiger partial charge in [0, 0.05) is 11.1 Å². The predicted molar refractivity (Wildman–Crippen MR) is 45.4 cm³/mol. The summed E-state index contributed by atoms with van der Waals surface area (Å²) in [4.78, 5) is 3.21. The van der Waals surface area contributed by atoms with Crippen LogP contribution in [0.2, 0.25) is 0 Å². The number of aryl methyl sites for hydroxylation is 3. The zero-order valence-corrected chi connectivity index (χ0v) is 7.05. The van der Waals surface area contributed by atoms with Crippen molar-refractivity contribution in [3.63, 3.8) is 0 Å². The molecule has 0 unspecified atom stereocenters. The van der Waals surface area contributed by atoms with Crippen LogP contribution in [0.4, 0.5) is 5.69 Å². The van der Waals surface area contributed by atoms with Gasteiger partial charge in [0.15, 0.2) is 4.98 Å². The molecule has 1 aromatic rings. The van der Waals surface area contributed by atoms with Crippen LogP contribution in [0, 0.1) is 26.2 Å². The average molecular weight is 147 g/mol. The van der Waals surface area contributed by atoms with Crippen LogP contribution < -0.4 is 0 Å². The van der Waals surface area contributed by atoms with Gasteiger partial charge < -0.3 is 0 Å². The van der Waals surface area contributed by atoms with Gasteiger partial charge in [-0.15, -0.1) is 0 Å². The number of hydrogen-bond donors (Lipinski definition) is 0. The molecule has 0 saturated heterocycles. The fourth-order valence-electron chi connectivity index (χ4n) is 1.33. The highest BCUT2D eigenvalue weighted by Gasteiger charge is 2.13. The van der Waals surface area contributed by atoms with E-state index in [1.54, 1.807) is 0 Å². The van der Waals surface area contributed by atoms with Crippen molar-refractivity contribution in [2.45, 2.75) is 20.8 Å². The van der Waals surface area contributed by atoms with Crippen molar-refractivity contribution in [2.75, 3.05) is 0 Å². The molecule has 56 valence electrons. The summed E-state index contributed by atoms with van der Waals surface area (Å²) in [6.07, 6.45) is 0. The largest absolute Gasteiger partial charge is 0.390 e. The lowest BCUT2D eigenvalue weighted by Crippen LogP contribution is -1.81. The molecule has 0 aliphatic carbocycles. The SMILES string of the molecule is Cc1cc(C)c([N+]#N)c(C)c1. The molecule has 0 aliphatic rings. The second-order valence-corrected chi connectivity index (χ2v) is 2.85. The van der Waals surface area contributed by atoms with Crippen LogP contribution in [0.1, 0.15) is 16.7 Å². The lowest BCUT2D eigenvalue weighted by molar-refractivity contribution is 1.31. The topological polar surface area (TPSA) is 28.1 Å². The maximum Gasteiger partial charge on any atom is 0.390 e. The first kappa shape index (κ1) is 7.74. The predicted octanol–water partition coefficient (Wildman–Crippen LogP) is 3.10. The standard InChI is InChI=1S/C9H11N2/c1-6-4-7(2)9(11-10)8(3)5-6/h4-5H,1-3H3/q+1. The van der Waals surface area contributed by atoms with Crippen molar-refractivity contribution >= 4 is 5.69 Å². The summed E-state index contributed by atoms with van der Waals surface area (Å²) < 4.78 is 0. The van der Waals surface area contributed by atoms with Crippen LogP contribution in [0.25, 0.3) is 4.98 Å². The molecule has 0 aliphatic heterocycles. The van der Waals surface area contributed by atoms with Gasteiger partial charge in [-0.2, -0.15) is 0 Å². The van der Waals surface area contributed by atoms with Gasteiger partial charge in [0.1, 0.15) is 0 Å². The van der Waals surface area contributed by atoms with Gasteiger partial charge in [-0.3, -0.25) is 0 Å². The van der Waals surface area contributed by atoms with E-state index in [1.807, 2.05) is 32.9 Å². The first-order valence-electron chi connectivity index (χ1n) is 3.58. The summed E-state index contributed by atoms with van der Waals surface area (Å²) in [5.74, 6) is 0. The Labute approximate surface area is 66.5 Å².